The zero-order valence-corrected chi connectivity index (χ0v) is 15.1. The van der Waals surface area contributed by atoms with Gasteiger partial charge in [0.25, 0.3) is 0 Å². The maximum atomic E-state index is 6.27. The van der Waals surface area contributed by atoms with Crippen LogP contribution in [0.2, 0.25) is 18.1 Å². The van der Waals surface area contributed by atoms with Crippen LogP contribution in [-0.4, -0.2) is 39.2 Å². The Morgan fingerprint density at radius 3 is 2.25 bits per heavy atom. The highest BCUT2D eigenvalue weighted by atomic mass is 28.4. The number of fused-ring (bicyclic) bond motifs is 1. The fourth-order valence-corrected chi connectivity index (χ4v) is 3.44. The molecule has 2 fully saturated rings. The summed E-state index contributed by atoms with van der Waals surface area (Å²) in [6.07, 6.45) is -0.152. The smallest absolute Gasteiger partial charge is 0.192 e. The molecule has 2 aliphatic rings. The highest BCUT2D eigenvalue weighted by Crippen LogP contribution is 2.42. The molecule has 0 saturated carbocycles. The molecule has 0 aromatic carbocycles. The summed E-state index contributed by atoms with van der Waals surface area (Å²) < 4.78 is 24.0. The monoisotopic (exact) mass is 302 g/mol. The number of rotatable bonds is 3. The lowest BCUT2D eigenvalue weighted by Crippen LogP contribution is -2.43. The van der Waals surface area contributed by atoms with Gasteiger partial charge in [0.15, 0.2) is 20.4 Å². The van der Waals surface area contributed by atoms with E-state index in [1.165, 1.54) is 0 Å². The quantitative estimate of drug-likeness (QED) is 0.748. The van der Waals surface area contributed by atoms with E-state index in [1.807, 2.05) is 13.8 Å². The van der Waals surface area contributed by atoms with E-state index in [-0.39, 0.29) is 23.5 Å². The summed E-state index contributed by atoms with van der Waals surface area (Å²) in [6, 6.07) is 0. The lowest BCUT2D eigenvalue weighted by atomic mass is 10.0. The maximum Gasteiger partial charge on any atom is 0.192 e. The van der Waals surface area contributed by atoms with Crippen LogP contribution in [-0.2, 0) is 18.6 Å². The van der Waals surface area contributed by atoms with E-state index >= 15 is 0 Å². The fraction of sp³-hybridized carbons (Fsp3) is 1.00. The standard InChI is InChI=1S/C15H30O4Si/c1-10-11(9-16-20(7,8)14(2,3)4)17-13-12(10)18-15(5,6)19-13/h10-13H,9H2,1-8H3/t10-,11+,12+,13+/m0/s1. The molecular formula is C15H30O4Si. The Balaban J connectivity index is 1.91. The van der Waals surface area contributed by atoms with Crippen molar-refractivity contribution in [3.05, 3.63) is 0 Å². The van der Waals surface area contributed by atoms with Crippen molar-refractivity contribution < 1.29 is 18.6 Å². The minimum Gasteiger partial charge on any atom is -0.414 e. The normalized spacial score (nSPS) is 37.2. The van der Waals surface area contributed by atoms with Gasteiger partial charge in [-0.2, -0.15) is 0 Å². The van der Waals surface area contributed by atoms with Gasteiger partial charge in [0.05, 0.1) is 12.7 Å². The predicted octanol–water partition coefficient (Wildman–Crippen LogP) is 3.52. The first kappa shape index (κ1) is 16.4. The minimum absolute atomic E-state index is 0.0259. The van der Waals surface area contributed by atoms with Gasteiger partial charge in [0.1, 0.15) is 6.10 Å². The summed E-state index contributed by atoms with van der Waals surface area (Å²) in [5, 5.41) is 0.222. The lowest BCUT2D eigenvalue weighted by Gasteiger charge is -2.37. The molecule has 0 N–H and O–H groups in total. The minimum atomic E-state index is -1.73. The van der Waals surface area contributed by atoms with Crippen LogP contribution in [0.15, 0.2) is 0 Å². The number of ether oxygens (including phenoxy) is 3. The molecule has 0 aromatic rings. The summed E-state index contributed by atoms with van der Waals surface area (Å²) in [5.41, 5.74) is 0. The summed E-state index contributed by atoms with van der Waals surface area (Å²) >= 11 is 0. The third kappa shape index (κ3) is 3.12. The van der Waals surface area contributed by atoms with Crippen molar-refractivity contribution in [3.63, 3.8) is 0 Å². The zero-order valence-electron chi connectivity index (χ0n) is 14.1. The van der Waals surface area contributed by atoms with Crippen LogP contribution in [0.25, 0.3) is 0 Å². The van der Waals surface area contributed by atoms with E-state index in [4.69, 9.17) is 18.6 Å². The average molecular weight is 302 g/mol. The Hall–Kier alpha value is 0.0569. The molecule has 0 unspecified atom stereocenters. The third-order valence-electron chi connectivity index (χ3n) is 4.92. The van der Waals surface area contributed by atoms with Crippen LogP contribution in [0.4, 0.5) is 0 Å². The molecule has 0 bridgehead atoms. The van der Waals surface area contributed by atoms with Gasteiger partial charge in [-0.25, -0.2) is 0 Å². The van der Waals surface area contributed by atoms with Crippen LogP contribution in [0.5, 0.6) is 0 Å². The Morgan fingerprint density at radius 1 is 1.15 bits per heavy atom. The van der Waals surface area contributed by atoms with E-state index in [0.29, 0.717) is 12.5 Å². The Labute approximate surface area is 124 Å². The second kappa shape index (κ2) is 5.06. The lowest BCUT2D eigenvalue weighted by molar-refractivity contribution is -0.212. The second-order valence-corrected chi connectivity index (χ2v) is 12.9. The zero-order chi connectivity index (χ0) is 15.3. The van der Waals surface area contributed by atoms with E-state index in [9.17, 15) is 0 Å². The van der Waals surface area contributed by atoms with E-state index in [1.54, 1.807) is 0 Å². The molecule has 0 aromatic heterocycles. The number of hydrogen-bond donors (Lipinski definition) is 0. The van der Waals surface area contributed by atoms with E-state index in [2.05, 4.69) is 40.8 Å². The molecule has 4 nitrogen and oxygen atoms in total. The highest BCUT2D eigenvalue weighted by molar-refractivity contribution is 6.74. The summed E-state index contributed by atoms with van der Waals surface area (Å²) in [6.45, 7) is 18.0. The van der Waals surface area contributed by atoms with Crippen molar-refractivity contribution in [3.8, 4) is 0 Å². The Morgan fingerprint density at radius 2 is 1.75 bits per heavy atom. The van der Waals surface area contributed by atoms with Crippen molar-refractivity contribution in [2.75, 3.05) is 6.61 Å². The Bertz CT molecular complexity index is 361. The van der Waals surface area contributed by atoms with Crippen molar-refractivity contribution in [1.29, 1.82) is 0 Å². The molecule has 0 radical (unpaired) electrons. The summed E-state index contributed by atoms with van der Waals surface area (Å²) in [5.74, 6) is -0.235. The van der Waals surface area contributed by atoms with E-state index in [0.717, 1.165) is 0 Å². The van der Waals surface area contributed by atoms with Crippen molar-refractivity contribution in [2.45, 2.75) is 84.0 Å². The van der Waals surface area contributed by atoms with Crippen molar-refractivity contribution in [2.24, 2.45) is 5.92 Å². The molecule has 4 atom stereocenters. The van der Waals surface area contributed by atoms with Crippen molar-refractivity contribution >= 4 is 8.32 Å². The topological polar surface area (TPSA) is 36.9 Å². The molecule has 2 rings (SSSR count). The van der Waals surface area contributed by atoms with Gasteiger partial charge >= 0.3 is 0 Å². The van der Waals surface area contributed by atoms with Crippen LogP contribution >= 0.6 is 0 Å². The van der Waals surface area contributed by atoms with Gasteiger partial charge < -0.3 is 18.6 Å². The highest BCUT2D eigenvalue weighted by Gasteiger charge is 2.53. The molecular weight excluding hydrogens is 272 g/mol. The van der Waals surface area contributed by atoms with Crippen LogP contribution in [0.1, 0.15) is 41.5 Å². The number of hydrogen-bond acceptors (Lipinski definition) is 4. The van der Waals surface area contributed by atoms with Gasteiger partial charge in [0, 0.05) is 5.92 Å². The maximum absolute atomic E-state index is 6.27. The first-order valence-corrected chi connectivity index (χ1v) is 10.5. The fourth-order valence-electron chi connectivity index (χ4n) is 2.42. The van der Waals surface area contributed by atoms with Crippen molar-refractivity contribution in [1.82, 2.24) is 0 Å². The molecule has 2 saturated heterocycles. The van der Waals surface area contributed by atoms with Crippen LogP contribution in [0, 0.1) is 5.92 Å². The summed E-state index contributed by atoms with van der Waals surface area (Å²) in [7, 11) is -1.73. The summed E-state index contributed by atoms with van der Waals surface area (Å²) in [4.78, 5) is 0. The SMILES string of the molecule is C[C@@H]1[C@H]2OC(C)(C)O[C@H]2O[C@@H]1CO[Si](C)(C)C(C)(C)C. The third-order valence-corrected chi connectivity index (χ3v) is 9.42. The predicted molar refractivity (Wildman–Crippen MR) is 81.0 cm³/mol. The van der Waals surface area contributed by atoms with Gasteiger partial charge in [-0.3, -0.25) is 0 Å². The van der Waals surface area contributed by atoms with Crippen LogP contribution < -0.4 is 0 Å². The van der Waals surface area contributed by atoms with Gasteiger partial charge in [-0.1, -0.05) is 27.7 Å². The molecule has 0 amide bonds. The van der Waals surface area contributed by atoms with Gasteiger partial charge in [-0.05, 0) is 32.0 Å². The molecule has 5 heteroatoms. The molecule has 0 aliphatic carbocycles. The first-order chi connectivity index (χ1) is 8.93. The van der Waals surface area contributed by atoms with Crippen LogP contribution in [0.3, 0.4) is 0 Å². The van der Waals surface area contributed by atoms with Gasteiger partial charge in [0.2, 0.25) is 0 Å². The average Bonchev–Trinajstić information content (AvgIpc) is 2.69. The molecule has 118 valence electrons. The first-order valence-electron chi connectivity index (χ1n) is 7.58. The largest absolute Gasteiger partial charge is 0.414 e. The molecule has 20 heavy (non-hydrogen) atoms. The molecule has 2 aliphatic heterocycles. The Kier molecular flexibility index (Phi) is 4.15. The molecule has 2 heterocycles. The van der Waals surface area contributed by atoms with Gasteiger partial charge in [-0.15, -0.1) is 0 Å². The molecule has 0 spiro atoms. The second-order valence-electron chi connectivity index (χ2n) is 8.07. The van der Waals surface area contributed by atoms with E-state index < -0.39 is 14.1 Å².